The van der Waals surface area contributed by atoms with Crippen LogP contribution < -0.4 is 5.32 Å². The van der Waals surface area contributed by atoms with Gasteiger partial charge in [-0.25, -0.2) is 0 Å². The number of hydrogen-bond donors (Lipinski definition) is 2. The fourth-order valence-corrected chi connectivity index (χ4v) is 2.55. The van der Waals surface area contributed by atoms with Gasteiger partial charge in [0.1, 0.15) is 0 Å². The molecule has 1 rings (SSSR count). The summed E-state index contributed by atoms with van der Waals surface area (Å²) >= 11 is 0. The molecular formula is C15H32N2O. The van der Waals surface area contributed by atoms with Gasteiger partial charge in [0.25, 0.3) is 0 Å². The Kier molecular flexibility index (Phi) is 7.20. The maximum Gasteiger partial charge on any atom is 0.0610 e. The molecule has 1 aliphatic rings. The van der Waals surface area contributed by atoms with Gasteiger partial charge in [-0.2, -0.15) is 0 Å². The lowest BCUT2D eigenvalue weighted by molar-refractivity contribution is 0.161. The summed E-state index contributed by atoms with van der Waals surface area (Å²) in [5.41, 5.74) is -0.0922. The molecule has 1 atom stereocenters. The summed E-state index contributed by atoms with van der Waals surface area (Å²) in [6.07, 6.45) is 7.83. The van der Waals surface area contributed by atoms with Crippen LogP contribution >= 0.6 is 0 Å². The zero-order chi connectivity index (χ0) is 13.4. The second-order valence-corrected chi connectivity index (χ2v) is 6.12. The minimum atomic E-state index is -0.0922. The number of rotatable bonds is 10. The number of aliphatic hydroxyl groups is 1. The number of likely N-dealkylation sites (N-methyl/N-ethyl adjacent to an activating group) is 1. The summed E-state index contributed by atoms with van der Waals surface area (Å²) < 4.78 is 0. The van der Waals surface area contributed by atoms with Gasteiger partial charge >= 0.3 is 0 Å². The van der Waals surface area contributed by atoms with E-state index in [9.17, 15) is 5.11 Å². The van der Waals surface area contributed by atoms with Crippen molar-refractivity contribution in [2.24, 2.45) is 5.92 Å². The first-order chi connectivity index (χ1) is 8.63. The van der Waals surface area contributed by atoms with Crippen molar-refractivity contribution in [1.82, 2.24) is 10.2 Å². The van der Waals surface area contributed by atoms with Crippen LogP contribution in [0.2, 0.25) is 0 Å². The van der Waals surface area contributed by atoms with E-state index in [1.165, 1.54) is 51.7 Å². The van der Waals surface area contributed by atoms with Crippen molar-refractivity contribution in [1.29, 1.82) is 0 Å². The lowest BCUT2D eigenvalue weighted by Crippen LogP contribution is -2.43. The third-order valence-corrected chi connectivity index (χ3v) is 4.59. The van der Waals surface area contributed by atoms with Gasteiger partial charge in [-0.3, -0.25) is 0 Å². The summed E-state index contributed by atoms with van der Waals surface area (Å²) in [5.74, 6) is 0.977. The van der Waals surface area contributed by atoms with Crippen molar-refractivity contribution < 1.29 is 5.11 Å². The van der Waals surface area contributed by atoms with Gasteiger partial charge in [-0.1, -0.05) is 19.8 Å². The van der Waals surface area contributed by atoms with Gasteiger partial charge in [-0.15, -0.1) is 0 Å². The molecule has 108 valence electrons. The molecule has 0 spiro atoms. The van der Waals surface area contributed by atoms with Crippen LogP contribution in [0.5, 0.6) is 0 Å². The molecular weight excluding hydrogens is 224 g/mol. The van der Waals surface area contributed by atoms with Gasteiger partial charge in [0.15, 0.2) is 0 Å². The maximum absolute atomic E-state index is 9.33. The highest BCUT2D eigenvalue weighted by molar-refractivity contribution is 4.80. The number of nitrogens with zero attached hydrogens (tertiary/aromatic N) is 1. The average Bonchev–Trinajstić information content (AvgIpc) is 2.35. The minimum Gasteiger partial charge on any atom is -0.394 e. The van der Waals surface area contributed by atoms with E-state index in [4.69, 9.17) is 0 Å². The van der Waals surface area contributed by atoms with E-state index in [0.29, 0.717) is 0 Å². The van der Waals surface area contributed by atoms with E-state index >= 15 is 0 Å². The average molecular weight is 256 g/mol. The standard InChI is InChI=1S/C15H32N2O/c1-4-17(12-14-8-7-9-14)11-6-5-10-15(2,13-18)16-3/h14,16,18H,4-13H2,1-3H3. The van der Waals surface area contributed by atoms with Gasteiger partial charge < -0.3 is 15.3 Å². The van der Waals surface area contributed by atoms with Crippen molar-refractivity contribution in [3.8, 4) is 0 Å². The molecule has 0 bridgehead atoms. The van der Waals surface area contributed by atoms with Gasteiger partial charge in [0.2, 0.25) is 0 Å². The second kappa shape index (κ2) is 8.13. The summed E-state index contributed by atoms with van der Waals surface area (Å²) in [6, 6.07) is 0. The van der Waals surface area contributed by atoms with Crippen LogP contribution in [0.4, 0.5) is 0 Å². The quantitative estimate of drug-likeness (QED) is 0.589. The Morgan fingerprint density at radius 1 is 1.33 bits per heavy atom. The summed E-state index contributed by atoms with van der Waals surface area (Å²) in [5, 5.41) is 12.5. The van der Waals surface area contributed by atoms with Crippen LogP contribution in [0.3, 0.4) is 0 Å². The fourth-order valence-electron chi connectivity index (χ4n) is 2.55. The summed E-state index contributed by atoms with van der Waals surface area (Å²) in [7, 11) is 1.94. The van der Waals surface area contributed by atoms with Crippen molar-refractivity contribution in [3.63, 3.8) is 0 Å². The highest BCUT2D eigenvalue weighted by Gasteiger charge is 2.21. The summed E-state index contributed by atoms with van der Waals surface area (Å²) in [4.78, 5) is 2.60. The molecule has 0 aromatic heterocycles. The summed E-state index contributed by atoms with van der Waals surface area (Å²) in [6.45, 7) is 8.30. The smallest absolute Gasteiger partial charge is 0.0610 e. The Morgan fingerprint density at radius 2 is 2.06 bits per heavy atom. The molecule has 3 nitrogen and oxygen atoms in total. The van der Waals surface area contributed by atoms with Crippen LogP contribution in [0, 0.1) is 5.92 Å². The SMILES string of the molecule is CCN(CCCCC(C)(CO)NC)CC1CCC1. The third kappa shape index (κ3) is 5.25. The van der Waals surface area contributed by atoms with E-state index in [1.54, 1.807) is 0 Å². The molecule has 0 aromatic rings. The lowest BCUT2D eigenvalue weighted by Gasteiger charge is -2.32. The largest absolute Gasteiger partial charge is 0.394 e. The molecule has 0 saturated heterocycles. The van der Waals surface area contributed by atoms with Crippen molar-refractivity contribution >= 4 is 0 Å². The van der Waals surface area contributed by atoms with Crippen molar-refractivity contribution in [2.45, 2.75) is 57.9 Å². The number of hydrogen-bond acceptors (Lipinski definition) is 3. The second-order valence-electron chi connectivity index (χ2n) is 6.12. The fraction of sp³-hybridized carbons (Fsp3) is 1.00. The molecule has 0 aliphatic heterocycles. The Morgan fingerprint density at radius 3 is 2.50 bits per heavy atom. The molecule has 1 unspecified atom stereocenters. The predicted molar refractivity (Wildman–Crippen MR) is 77.9 cm³/mol. The van der Waals surface area contributed by atoms with Gasteiger partial charge in [0, 0.05) is 12.1 Å². The van der Waals surface area contributed by atoms with Crippen LogP contribution in [0.15, 0.2) is 0 Å². The Balaban J connectivity index is 2.10. The van der Waals surface area contributed by atoms with Gasteiger partial charge in [-0.05, 0) is 58.7 Å². The van der Waals surface area contributed by atoms with E-state index in [2.05, 4.69) is 24.1 Å². The molecule has 0 amide bonds. The Hall–Kier alpha value is -0.120. The number of aliphatic hydroxyl groups excluding tert-OH is 1. The van der Waals surface area contributed by atoms with Crippen LogP contribution in [0.25, 0.3) is 0 Å². The highest BCUT2D eigenvalue weighted by atomic mass is 16.3. The lowest BCUT2D eigenvalue weighted by atomic mass is 9.85. The molecule has 2 N–H and O–H groups in total. The molecule has 0 heterocycles. The monoisotopic (exact) mass is 256 g/mol. The van der Waals surface area contributed by atoms with Crippen LogP contribution in [-0.4, -0.2) is 48.8 Å². The predicted octanol–water partition coefficient (Wildman–Crippen LogP) is 2.25. The zero-order valence-corrected chi connectivity index (χ0v) is 12.5. The van der Waals surface area contributed by atoms with Crippen molar-refractivity contribution in [2.75, 3.05) is 33.3 Å². The molecule has 1 aliphatic carbocycles. The first-order valence-electron chi connectivity index (χ1n) is 7.65. The molecule has 1 saturated carbocycles. The van der Waals surface area contributed by atoms with Crippen LogP contribution in [0.1, 0.15) is 52.4 Å². The maximum atomic E-state index is 9.33. The first kappa shape index (κ1) is 15.9. The third-order valence-electron chi connectivity index (χ3n) is 4.59. The van der Waals surface area contributed by atoms with Crippen molar-refractivity contribution in [3.05, 3.63) is 0 Å². The van der Waals surface area contributed by atoms with Gasteiger partial charge in [0.05, 0.1) is 6.61 Å². The number of unbranched alkanes of at least 4 members (excludes halogenated alkanes) is 1. The first-order valence-corrected chi connectivity index (χ1v) is 7.65. The van der Waals surface area contributed by atoms with E-state index in [1.807, 2.05) is 7.05 Å². The molecule has 3 heteroatoms. The highest BCUT2D eigenvalue weighted by Crippen LogP contribution is 2.27. The Bertz CT molecular complexity index is 213. The van der Waals surface area contributed by atoms with E-state index < -0.39 is 0 Å². The number of nitrogens with one attached hydrogen (secondary N) is 1. The molecule has 1 fully saturated rings. The van der Waals surface area contributed by atoms with E-state index in [-0.39, 0.29) is 12.1 Å². The van der Waals surface area contributed by atoms with Crippen LogP contribution in [-0.2, 0) is 0 Å². The molecule has 0 radical (unpaired) electrons. The Labute approximate surface area is 113 Å². The van der Waals surface area contributed by atoms with E-state index in [0.717, 1.165) is 12.3 Å². The topological polar surface area (TPSA) is 35.5 Å². The minimum absolute atomic E-state index is 0.0922. The zero-order valence-electron chi connectivity index (χ0n) is 12.5. The molecule has 18 heavy (non-hydrogen) atoms. The molecule has 0 aromatic carbocycles. The normalized spacial score (nSPS) is 19.8.